The predicted octanol–water partition coefficient (Wildman–Crippen LogP) is 1.79. The van der Waals surface area contributed by atoms with Crippen LogP contribution < -0.4 is 0 Å². The van der Waals surface area contributed by atoms with Crippen LogP contribution in [0.3, 0.4) is 0 Å². The quantitative estimate of drug-likeness (QED) is 0.624. The van der Waals surface area contributed by atoms with E-state index in [1.54, 1.807) is 16.7 Å². The number of hydrogen-bond acceptors (Lipinski definition) is 4. The van der Waals surface area contributed by atoms with Crippen molar-refractivity contribution in [2.75, 3.05) is 5.75 Å². The number of hydrogen-bond donors (Lipinski definition) is 0. The standard InChI is InChI=1S/C14H15NO3S/c16-12-8-13-15(12)11(6-7-19-13)14(17)18-9-10-4-2-1-3-5-10/h1-5,11,13H,6-9H2/t11?,13-/m1/s1. The van der Waals surface area contributed by atoms with Gasteiger partial charge in [0.15, 0.2) is 0 Å². The summed E-state index contributed by atoms with van der Waals surface area (Å²) in [5.41, 5.74) is 0.965. The van der Waals surface area contributed by atoms with Crippen LogP contribution in [0, 0.1) is 0 Å². The second-order valence-corrected chi connectivity index (χ2v) is 6.01. The highest BCUT2D eigenvalue weighted by molar-refractivity contribution is 8.00. The molecule has 0 N–H and O–H groups in total. The lowest BCUT2D eigenvalue weighted by molar-refractivity contribution is -0.163. The van der Waals surface area contributed by atoms with Crippen LogP contribution in [0.2, 0.25) is 0 Å². The lowest BCUT2D eigenvalue weighted by atomic mass is 10.1. The van der Waals surface area contributed by atoms with Gasteiger partial charge in [0.05, 0.1) is 11.8 Å². The molecule has 1 aromatic carbocycles. The molecule has 2 heterocycles. The number of thioether (sulfide) groups is 1. The Morgan fingerprint density at radius 1 is 1.37 bits per heavy atom. The Hall–Kier alpha value is -1.49. The first-order valence-electron chi connectivity index (χ1n) is 6.39. The summed E-state index contributed by atoms with van der Waals surface area (Å²) in [7, 11) is 0. The highest BCUT2D eigenvalue weighted by Gasteiger charge is 2.47. The van der Waals surface area contributed by atoms with E-state index in [1.807, 2.05) is 30.3 Å². The largest absolute Gasteiger partial charge is 0.459 e. The van der Waals surface area contributed by atoms with Crippen molar-refractivity contribution >= 4 is 23.6 Å². The average Bonchev–Trinajstić information content (AvgIpc) is 2.44. The molecule has 5 heteroatoms. The molecule has 1 unspecified atom stereocenters. The van der Waals surface area contributed by atoms with E-state index in [0.29, 0.717) is 12.8 Å². The van der Waals surface area contributed by atoms with E-state index >= 15 is 0 Å². The molecule has 3 rings (SSSR count). The minimum atomic E-state index is -0.379. The minimum absolute atomic E-state index is 0.0684. The van der Waals surface area contributed by atoms with Crippen LogP contribution in [0.1, 0.15) is 18.4 Å². The number of carbonyl (C=O) groups is 2. The SMILES string of the molecule is O=C(OCc1ccccc1)C1CCS[C@@H]2CC(=O)N12. The van der Waals surface area contributed by atoms with Crippen LogP contribution in [-0.4, -0.2) is 33.9 Å². The Morgan fingerprint density at radius 2 is 2.16 bits per heavy atom. The number of carbonyl (C=O) groups excluding carboxylic acids is 2. The second-order valence-electron chi connectivity index (χ2n) is 4.73. The number of ether oxygens (including phenoxy) is 1. The van der Waals surface area contributed by atoms with Crippen LogP contribution in [0.25, 0.3) is 0 Å². The maximum Gasteiger partial charge on any atom is 0.329 e. The summed E-state index contributed by atoms with van der Waals surface area (Å²) in [6.07, 6.45) is 1.26. The molecule has 0 aromatic heterocycles. The lowest BCUT2D eigenvalue weighted by Crippen LogP contribution is -2.61. The number of nitrogens with zero attached hydrogens (tertiary/aromatic N) is 1. The number of benzene rings is 1. The second kappa shape index (κ2) is 5.25. The third kappa shape index (κ3) is 2.47. The molecule has 2 aliphatic rings. The first-order valence-corrected chi connectivity index (χ1v) is 7.44. The minimum Gasteiger partial charge on any atom is -0.459 e. The monoisotopic (exact) mass is 277 g/mol. The third-order valence-electron chi connectivity index (χ3n) is 3.48. The maximum atomic E-state index is 12.1. The zero-order chi connectivity index (χ0) is 13.2. The number of amides is 1. The highest BCUT2D eigenvalue weighted by Crippen LogP contribution is 2.37. The summed E-state index contributed by atoms with van der Waals surface area (Å²) < 4.78 is 5.33. The summed E-state index contributed by atoms with van der Waals surface area (Å²) in [5.74, 6) is 0.709. The van der Waals surface area contributed by atoms with Gasteiger partial charge in [-0.15, -0.1) is 11.8 Å². The summed E-state index contributed by atoms with van der Waals surface area (Å²) >= 11 is 1.75. The van der Waals surface area contributed by atoms with E-state index in [0.717, 1.165) is 11.3 Å². The summed E-state index contributed by atoms with van der Waals surface area (Å²) in [6.45, 7) is 0.274. The van der Waals surface area contributed by atoms with Gasteiger partial charge >= 0.3 is 5.97 Å². The van der Waals surface area contributed by atoms with Crippen LogP contribution >= 0.6 is 11.8 Å². The predicted molar refractivity (Wildman–Crippen MR) is 72.4 cm³/mol. The molecular weight excluding hydrogens is 262 g/mol. The van der Waals surface area contributed by atoms with Gasteiger partial charge in [-0.3, -0.25) is 4.79 Å². The van der Waals surface area contributed by atoms with Gasteiger partial charge in [0.25, 0.3) is 0 Å². The average molecular weight is 277 g/mol. The van der Waals surface area contributed by atoms with Crippen LogP contribution in [-0.2, 0) is 20.9 Å². The first-order chi connectivity index (χ1) is 9.25. The van der Waals surface area contributed by atoms with Crippen LogP contribution in [0.4, 0.5) is 0 Å². The molecule has 2 aliphatic heterocycles. The normalized spacial score (nSPS) is 25.5. The van der Waals surface area contributed by atoms with Gasteiger partial charge in [-0.25, -0.2) is 4.79 Å². The Kier molecular flexibility index (Phi) is 3.46. The molecule has 0 bridgehead atoms. The van der Waals surface area contributed by atoms with E-state index < -0.39 is 0 Å². The van der Waals surface area contributed by atoms with Crippen molar-refractivity contribution in [3.63, 3.8) is 0 Å². The molecule has 1 amide bonds. The van der Waals surface area contributed by atoms with Crippen LogP contribution in [0.15, 0.2) is 30.3 Å². The number of β-lactam (4-membered cyclic amide) rings is 1. The highest BCUT2D eigenvalue weighted by atomic mass is 32.2. The van der Waals surface area contributed by atoms with Crippen molar-refractivity contribution in [1.29, 1.82) is 0 Å². The van der Waals surface area contributed by atoms with Crippen molar-refractivity contribution in [3.8, 4) is 0 Å². The molecule has 0 radical (unpaired) electrons. The molecule has 4 nitrogen and oxygen atoms in total. The number of fused-ring (bicyclic) bond motifs is 1. The molecular formula is C14H15NO3S. The topological polar surface area (TPSA) is 46.6 Å². The fourth-order valence-electron chi connectivity index (χ4n) is 2.43. The van der Waals surface area contributed by atoms with Gasteiger partial charge in [0.1, 0.15) is 12.6 Å². The van der Waals surface area contributed by atoms with Gasteiger partial charge in [0.2, 0.25) is 5.91 Å². The summed E-state index contributed by atoms with van der Waals surface area (Å²) in [6, 6.07) is 9.21. The molecule has 2 fully saturated rings. The maximum absolute atomic E-state index is 12.1. The van der Waals surface area contributed by atoms with Gasteiger partial charge in [-0.2, -0.15) is 0 Å². The van der Waals surface area contributed by atoms with E-state index in [9.17, 15) is 9.59 Å². The Balaban J connectivity index is 1.59. The fourth-order valence-corrected chi connectivity index (χ4v) is 3.74. The molecule has 0 spiro atoms. The van der Waals surface area contributed by atoms with E-state index in [4.69, 9.17) is 4.74 Å². The number of rotatable bonds is 3. The van der Waals surface area contributed by atoms with Gasteiger partial charge in [-0.05, 0) is 17.7 Å². The Morgan fingerprint density at radius 3 is 2.89 bits per heavy atom. The van der Waals surface area contributed by atoms with Crippen molar-refractivity contribution in [1.82, 2.24) is 4.90 Å². The van der Waals surface area contributed by atoms with Crippen LogP contribution in [0.5, 0.6) is 0 Å². The zero-order valence-electron chi connectivity index (χ0n) is 10.5. The molecule has 100 valence electrons. The van der Waals surface area contributed by atoms with Gasteiger partial charge in [-0.1, -0.05) is 30.3 Å². The smallest absolute Gasteiger partial charge is 0.329 e. The van der Waals surface area contributed by atoms with E-state index in [1.165, 1.54) is 0 Å². The van der Waals surface area contributed by atoms with Crippen molar-refractivity contribution in [3.05, 3.63) is 35.9 Å². The lowest BCUT2D eigenvalue weighted by Gasteiger charge is -2.47. The molecule has 2 saturated heterocycles. The number of esters is 1. The van der Waals surface area contributed by atoms with Crippen molar-refractivity contribution in [2.24, 2.45) is 0 Å². The summed E-state index contributed by atoms with van der Waals surface area (Å²) in [5, 5.41) is 0.190. The molecule has 2 atom stereocenters. The van der Waals surface area contributed by atoms with Gasteiger partial charge in [0, 0.05) is 0 Å². The first kappa shape index (κ1) is 12.5. The van der Waals surface area contributed by atoms with E-state index in [-0.39, 0.29) is 29.9 Å². The van der Waals surface area contributed by atoms with Gasteiger partial charge < -0.3 is 9.64 Å². The molecule has 0 aliphatic carbocycles. The summed E-state index contributed by atoms with van der Waals surface area (Å²) in [4.78, 5) is 25.3. The van der Waals surface area contributed by atoms with Crippen molar-refractivity contribution < 1.29 is 14.3 Å². The zero-order valence-corrected chi connectivity index (χ0v) is 11.3. The van der Waals surface area contributed by atoms with E-state index in [2.05, 4.69) is 0 Å². The molecule has 19 heavy (non-hydrogen) atoms. The third-order valence-corrected chi connectivity index (χ3v) is 4.73. The fraction of sp³-hybridized carbons (Fsp3) is 0.429. The molecule has 1 aromatic rings. The van der Waals surface area contributed by atoms with Crippen molar-refractivity contribution in [2.45, 2.75) is 30.9 Å². The Labute approximate surface area is 116 Å². The Bertz CT molecular complexity index is 491. The molecule has 0 saturated carbocycles.